The van der Waals surface area contributed by atoms with Gasteiger partial charge < -0.3 is 0 Å². The predicted molar refractivity (Wildman–Crippen MR) is 80.8 cm³/mol. The molecule has 4 nitrogen and oxygen atoms in total. The van der Waals surface area contributed by atoms with Crippen LogP contribution in [0.25, 0.3) is 11.3 Å². The molecule has 0 N–H and O–H groups in total. The number of ketones is 2. The molecule has 0 saturated carbocycles. The van der Waals surface area contributed by atoms with E-state index in [0.717, 1.165) is 5.56 Å². The van der Waals surface area contributed by atoms with Crippen molar-refractivity contribution in [2.45, 2.75) is 0 Å². The number of hydrogen-bond acceptors (Lipinski definition) is 4. The predicted octanol–water partition coefficient (Wildman–Crippen LogP) is 2.92. The summed E-state index contributed by atoms with van der Waals surface area (Å²) in [6, 6.07) is 16.1. The first-order chi connectivity index (χ1) is 10.8. The van der Waals surface area contributed by atoms with Crippen molar-refractivity contribution in [1.29, 1.82) is 0 Å². The van der Waals surface area contributed by atoms with Gasteiger partial charge in [-0.05, 0) is 0 Å². The number of aromatic nitrogens is 2. The Balaban J connectivity index is 1.93. The maximum absolute atomic E-state index is 12.7. The topological polar surface area (TPSA) is 59.9 Å². The van der Waals surface area contributed by atoms with Gasteiger partial charge in [-0.1, -0.05) is 54.6 Å². The average molecular weight is 286 g/mol. The molecule has 0 fully saturated rings. The van der Waals surface area contributed by atoms with Crippen LogP contribution in [0.3, 0.4) is 0 Å². The van der Waals surface area contributed by atoms with Crippen LogP contribution in [0.1, 0.15) is 31.8 Å². The molecular weight excluding hydrogens is 276 g/mol. The van der Waals surface area contributed by atoms with Crippen molar-refractivity contribution in [2.24, 2.45) is 0 Å². The fourth-order valence-corrected chi connectivity index (χ4v) is 2.74. The van der Waals surface area contributed by atoms with E-state index < -0.39 is 0 Å². The largest absolute Gasteiger partial charge is 0.289 e. The van der Waals surface area contributed by atoms with Gasteiger partial charge in [-0.15, -0.1) is 5.10 Å². The summed E-state index contributed by atoms with van der Waals surface area (Å²) in [7, 11) is 0. The van der Waals surface area contributed by atoms with E-state index in [-0.39, 0.29) is 11.6 Å². The summed E-state index contributed by atoms with van der Waals surface area (Å²) >= 11 is 0. The van der Waals surface area contributed by atoms with E-state index in [0.29, 0.717) is 27.9 Å². The summed E-state index contributed by atoms with van der Waals surface area (Å²) in [6.45, 7) is 0. The van der Waals surface area contributed by atoms with Gasteiger partial charge in [-0.3, -0.25) is 9.59 Å². The van der Waals surface area contributed by atoms with Crippen LogP contribution >= 0.6 is 0 Å². The molecule has 1 aliphatic rings. The molecule has 4 heteroatoms. The maximum Gasteiger partial charge on any atom is 0.196 e. The quantitative estimate of drug-likeness (QED) is 0.532. The van der Waals surface area contributed by atoms with Crippen LogP contribution in [0.2, 0.25) is 0 Å². The lowest BCUT2D eigenvalue weighted by Gasteiger charge is -2.05. The molecule has 2 aromatic carbocycles. The fourth-order valence-electron chi connectivity index (χ4n) is 2.74. The van der Waals surface area contributed by atoms with Crippen LogP contribution in [0.4, 0.5) is 0 Å². The van der Waals surface area contributed by atoms with Crippen molar-refractivity contribution in [3.63, 3.8) is 0 Å². The molecule has 22 heavy (non-hydrogen) atoms. The van der Waals surface area contributed by atoms with E-state index in [4.69, 9.17) is 0 Å². The average Bonchev–Trinajstić information content (AvgIpc) is 2.89. The van der Waals surface area contributed by atoms with Crippen molar-refractivity contribution in [3.05, 3.63) is 83.0 Å². The molecule has 0 radical (unpaired) electrons. The van der Waals surface area contributed by atoms with E-state index >= 15 is 0 Å². The van der Waals surface area contributed by atoms with Crippen LogP contribution < -0.4 is 0 Å². The minimum absolute atomic E-state index is 0.167. The lowest BCUT2D eigenvalue weighted by atomic mass is 9.98. The van der Waals surface area contributed by atoms with Gasteiger partial charge in [0.15, 0.2) is 11.6 Å². The second-order valence-electron chi connectivity index (χ2n) is 5.05. The van der Waals surface area contributed by atoms with Gasteiger partial charge in [-0.25, -0.2) is 0 Å². The van der Waals surface area contributed by atoms with Crippen LogP contribution in [0, 0.1) is 0 Å². The standard InChI is InChI=1S/C18H10N2O2/c21-17(11-6-2-1-3-7-11)14-10-19-20-16-12-8-4-5-9-13(12)18(22)15(14)16/h1-10H. The molecule has 0 spiro atoms. The minimum Gasteiger partial charge on any atom is -0.289 e. The molecule has 1 heterocycles. The first kappa shape index (κ1) is 12.6. The van der Waals surface area contributed by atoms with Crippen LogP contribution in [-0.4, -0.2) is 21.8 Å². The zero-order chi connectivity index (χ0) is 15.1. The minimum atomic E-state index is -0.215. The third kappa shape index (κ3) is 1.71. The van der Waals surface area contributed by atoms with Gasteiger partial charge >= 0.3 is 0 Å². The molecule has 0 unspecified atom stereocenters. The highest BCUT2D eigenvalue weighted by atomic mass is 16.1. The number of benzene rings is 2. The number of fused-ring (bicyclic) bond motifs is 3. The fraction of sp³-hybridized carbons (Fsp3) is 0. The zero-order valence-corrected chi connectivity index (χ0v) is 11.5. The number of carbonyl (C=O) groups is 2. The molecule has 3 aromatic rings. The van der Waals surface area contributed by atoms with Crippen molar-refractivity contribution in [3.8, 4) is 11.3 Å². The van der Waals surface area contributed by atoms with E-state index in [1.54, 1.807) is 36.4 Å². The molecule has 1 aromatic heterocycles. The van der Waals surface area contributed by atoms with Gasteiger partial charge in [0.2, 0.25) is 0 Å². The summed E-state index contributed by atoms with van der Waals surface area (Å²) in [6.07, 6.45) is 1.37. The molecule has 4 rings (SSSR count). The molecule has 0 amide bonds. The monoisotopic (exact) mass is 286 g/mol. The van der Waals surface area contributed by atoms with Gasteiger partial charge in [-0.2, -0.15) is 5.10 Å². The number of carbonyl (C=O) groups excluding carboxylic acids is 2. The molecular formula is C18H10N2O2. The van der Waals surface area contributed by atoms with E-state index in [9.17, 15) is 9.59 Å². The highest BCUT2D eigenvalue weighted by Crippen LogP contribution is 2.36. The van der Waals surface area contributed by atoms with Gasteiger partial charge in [0.05, 0.1) is 17.3 Å². The number of hydrogen-bond donors (Lipinski definition) is 0. The summed E-state index contributed by atoms with van der Waals surface area (Å²) in [5, 5.41) is 7.98. The zero-order valence-electron chi connectivity index (χ0n) is 11.5. The highest BCUT2D eigenvalue weighted by molar-refractivity contribution is 6.26. The van der Waals surface area contributed by atoms with Gasteiger partial charge in [0.25, 0.3) is 0 Å². The van der Waals surface area contributed by atoms with Crippen molar-refractivity contribution in [1.82, 2.24) is 10.2 Å². The van der Waals surface area contributed by atoms with Gasteiger partial charge in [0, 0.05) is 16.7 Å². The van der Waals surface area contributed by atoms with E-state index in [1.807, 2.05) is 18.2 Å². The third-order valence-electron chi connectivity index (χ3n) is 3.79. The Hall–Kier alpha value is -3.14. The SMILES string of the molecule is O=C(c1ccccc1)c1cnnc2c1C(=O)c1ccccc1-2. The van der Waals surface area contributed by atoms with Crippen molar-refractivity contribution in [2.75, 3.05) is 0 Å². The van der Waals surface area contributed by atoms with E-state index in [1.165, 1.54) is 6.20 Å². The van der Waals surface area contributed by atoms with Gasteiger partial charge in [0.1, 0.15) is 5.69 Å². The second kappa shape index (κ2) is 4.70. The summed E-state index contributed by atoms with van der Waals surface area (Å²) in [4.78, 5) is 25.3. The first-order valence-corrected chi connectivity index (χ1v) is 6.87. The molecule has 1 aliphatic carbocycles. The lowest BCUT2D eigenvalue weighted by molar-refractivity contribution is 0.101. The molecule has 0 saturated heterocycles. The molecule has 0 bridgehead atoms. The Bertz CT molecular complexity index is 917. The summed E-state index contributed by atoms with van der Waals surface area (Å²) < 4.78 is 0. The van der Waals surface area contributed by atoms with Crippen LogP contribution in [0.15, 0.2) is 60.8 Å². The molecule has 104 valence electrons. The molecule has 0 aliphatic heterocycles. The Morgan fingerprint density at radius 3 is 2.32 bits per heavy atom. The number of nitrogens with zero attached hydrogens (tertiary/aromatic N) is 2. The normalized spacial score (nSPS) is 11.9. The smallest absolute Gasteiger partial charge is 0.196 e. The summed E-state index contributed by atoms with van der Waals surface area (Å²) in [5.41, 5.74) is 2.98. The summed E-state index contributed by atoms with van der Waals surface area (Å²) in [5.74, 6) is -0.382. The number of rotatable bonds is 2. The van der Waals surface area contributed by atoms with Crippen molar-refractivity contribution >= 4 is 11.6 Å². The first-order valence-electron chi connectivity index (χ1n) is 6.87. The van der Waals surface area contributed by atoms with Crippen LogP contribution in [0.5, 0.6) is 0 Å². The maximum atomic E-state index is 12.7. The lowest BCUT2D eigenvalue weighted by Crippen LogP contribution is -2.10. The Morgan fingerprint density at radius 1 is 0.864 bits per heavy atom. The Kier molecular flexibility index (Phi) is 2.69. The highest BCUT2D eigenvalue weighted by Gasteiger charge is 2.32. The Labute approximate surface area is 126 Å². The van der Waals surface area contributed by atoms with Crippen LogP contribution in [-0.2, 0) is 0 Å². The second-order valence-corrected chi connectivity index (χ2v) is 5.05. The molecule has 0 atom stereocenters. The van der Waals surface area contributed by atoms with E-state index in [2.05, 4.69) is 10.2 Å². The third-order valence-corrected chi connectivity index (χ3v) is 3.79. The Morgan fingerprint density at radius 2 is 1.55 bits per heavy atom. The van der Waals surface area contributed by atoms with Crippen molar-refractivity contribution < 1.29 is 9.59 Å².